The van der Waals surface area contributed by atoms with Crippen LogP contribution in [0.1, 0.15) is 19.4 Å². The van der Waals surface area contributed by atoms with E-state index >= 15 is 0 Å². The molecule has 0 aliphatic carbocycles. The van der Waals surface area contributed by atoms with Crippen molar-refractivity contribution in [2.24, 2.45) is 0 Å². The van der Waals surface area contributed by atoms with E-state index < -0.39 is 42.8 Å². The Morgan fingerprint density at radius 3 is 2.40 bits per heavy atom. The fraction of sp³-hybridized carbons (Fsp3) is 0.458. The molecule has 11 heteroatoms. The number of halogens is 3. The molecule has 2 saturated heterocycles. The van der Waals surface area contributed by atoms with Crippen LogP contribution in [0, 0.1) is 0 Å². The molecule has 0 saturated carbocycles. The molecule has 1 N–H and O–H groups in total. The number of nitrogens with zero attached hydrogens (tertiary/aromatic N) is 1. The quantitative estimate of drug-likeness (QED) is 0.608. The number of amides is 2. The van der Waals surface area contributed by atoms with Gasteiger partial charge in [0.1, 0.15) is 24.1 Å². The molecule has 0 aromatic heterocycles. The first-order valence-electron chi connectivity index (χ1n) is 11.0. The Balaban J connectivity index is 1.50. The number of hydrogen-bond acceptors (Lipinski definition) is 6. The Hall–Kier alpha value is -2.86. The average Bonchev–Trinajstić information content (AvgIpc) is 3.24. The van der Waals surface area contributed by atoms with Crippen LogP contribution in [0.3, 0.4) is 0 Å². The van der Waals surface area contributed by atoms with Crippen LogP contribution in [-0.2, 0) is 25.5 Å². The van der Waals surface area contributed by atoms with E-state index in [9.17, 15) is 18.0 Å². The second kappa shape index (κ2) is 10.0. The SMILES string of the molecule is COC1C(CN(Cc2ccc(OC(F)(F)F)cc2)C(=O)Nc2ccccc2)OC2OC(C)(C)OC21. The number of nitrogens with one attached hydrogen (secondary N) is 1. The molecule has 2 heterocycles. The number of carbonyl (C=O) groups is 1. The summed E-state index contributed by atoms with van der Waals surface area (Å²) in [5.74, 6) is -1.16. The van der Waals surface area contributed by atoms with E-state index in [-0.39, 0.29) is 18.8 Å². The Kier molecular flexibility index (Phi) is 7.22. The molecule has 2 aromatic carbocycles. The third kappa shape index (κ3) is 6.43. The lowest BCUT2D eigenvalue weighted by molar-refractivity contribution is -0.274. The minimum atomic E-state index is -4.78. The van der Waals surface area contributed by atoms with E-state index in [0.717, 1.165) is 0 Å². The van der Waals surface area contributed by atoms with Gasteiger partial charge in [-0.1, -0.05) is 30.3 Å². The molecule has 2 aromatic rings. The van der Waals surface area contributed by atoms with Crippen LogP contribution in [0.5, 0.6) is 5.75 Å². The van der Waals surface area contributed by atoms with E-state index in [0.29, 0.717) is 11.3 Å². The predicted molar refractivity (Wildman–Crippen MR) is 118 cm³/mol. The number of rotatable bonds is 7. The topological polar surface area (TPSA) is 78.5 Å². The van der Waals surface area contributed by atoms with Crippen LogP contribution >= 0.6 is 0 Å². The standard InChI is InChI=1S/C24H27F3N2O6/c1-23(2)34-20-19(31-3)18(32-21(20)35-23)14-29(22(30)28-16-7-5-4-6-8-16)13-15-9-11-17(12-10-15)33-24(25,26)27/h4-12,18-21H,13-14H2,1-3H3,(H,28,30). The number of carbonyl (C=O) groups excluding carboxylic acids is 1. The Morgan fingerprint density at radius 1 is 1.09 bits per heavy atom. The Labute approximate surface area is 200 Å². The fourth-order valence-electron chi connectivity index (χ4n) is 4.16. The Morgan fingerprint density at radius 2 is 1.77 bits per heavy atom. The molecule has 35 heavy (non-hydrogen) atoms. The van der Waals surface area contributed by atoms with Crippen molar-refractivity contribution in [1.82, 2.24) is 4.90 Å². The average molecular weight is 496 g/mol. The lowest BCUT2D eigenvalue weighted by atomic mass is 10.1. The molecular weight excluding hydrogens is 469 g/mol. The van der Waals surface area contributed by atoms with Crippen molar-refractivity contribution in [1.29, 1.82) is 0 Å². The van der Waals surface area contributed by atoms with Gasteiger partial charge in [-0.05, 0) is 43.7 Å². The van der Waals surface area contributed by atoms with Crippen molar-refractivity contribution in [2.45, 2.75) is 57.1 Å². The van der Waals surface area contributed by atoms with E-state index in [1.54, 1.807) is 38.1 Å². The van der Waals surface area contributed by atoms with Crippen LogP contribution in [0.25, 0.3) is 0 Å². The molecule has 2 fully saturated rings. The largest absolute Gasteiger partial charge is 0.573 e. The molecule has 2 aliphatic heterocycles. The maximum Gasteiger partial charge on any atom is 0.573 e. The van der Waals surface area contributed by atoms with Gasteiger partial charge in [-0.15, -0.1) is 13.2 Å². The van der Waals surface area contributed by atoms with Crippen LogP contribution in [0.15, 0.2) is 54.6 Å². The van der Waals surface area contributed by atoms with Crippen LogP contribution in [0.2, 0.25) is 0 Å². The van der Waals surface area contributed by atoms with Crippen LogP contribution in [-0.4, -0.2) is 61.3 Å². The summed E-state index contributed by atoms with van der Waals surface area (Å²) in [6.07, 6.45) is -6.93. The van der Waals surface area contributed by atoms with Gasteiger partial charge in [0.2, 0.25) is 0 Å². The van der Waals surface area contributed by atoms with E-state index in [1.807, 2.05) is 6.07 Å². The van der Waals surface area contributed by atoms with Crippen LogP contribution in [0.4, 0.5) is 23.7 Å². The van der Waals surface area contributed by atoms with E-state index in [4.69, 9.17) is 18.9 Å². The fourth-order valence-corrected chi connectivity index (χ4v) is 4.16. The van der Waals surface area contributed by atoms with Gasteiger partial charge in [-0.3, -0.25) is 0 Å². The minimum absolute atomic E-state index is 0.101. The minimum Gasteiger partial charge on any atom is -0.406 e. The maximum atomic E-state index is 13.2. The van der Waals surface area contributed by atoms with Gasteiger partial charge in [-0.2, -0.15) is 0 Å². The summed E-state index contributed by atoms with van der Waals surface area (Å²) in [5.41, 5.74) is 1.20. The molecular formula is C24H27F3N2O6. The number of alkyl halides is 3. The predicted octanol–water partition coefficient (Wildman–Crippen LogP) is 4.51. The molecule has 8 nitrogen and oxygen atoms in total. The number of methoxy groups -OCH3 is 1. The van der Waals surface area contributed by atoms with E-state index in [1.165, 1.54) is 36.3 Å². The highest BCUT2D eigenvalue weighted by Crippen LogP contribution is 2.39. The van der Waals surface area contributed by atoms with Crippen molar-refractivity contribution in [2.75, 3.05) is 19.0 Å². The second-order valence-corrected chi connectivity index (χ2v) is 8.71. The molecule has 4 atom stereocenters. The van der Waals surface area contributed by atoms with Gasteiger partial charge in [0.25, 0.3) is 0 Å². The van der Waals surface area contributed by atoms with Gasteiger partial charge in [0.15, 0.2) is 12.1 Å². The zero-order valence-electron chi connectivity index (χ0n) is 19.5. The number of para-hydroxylation sites is 1. The zero-order chi connectivity index (χ0) is 25.2. The van der Waals surface area contributed by atoms with Gasteiger partial charge >= 0.3 is 12.4 Å². The molecule has 2 aliphatic rings. The smallest absolute Gasteiger partial charge is 0.406 e. The van der Waals surface area contributed by atoms with Gasteiger partial charge in [0.05, 0.1) is 6.54 Å². The summed E-state index contributed by atoms with van der Waals surface area (Å²) in [5, 5.41) is 2.83. The van der Waals surface area contributed by atoms with Crippen molar-refractivity contribution < 1.29 is 41.7 Å². The number of ether oxygens (including phenoxy) is 5. The molecule has 190 valence electrons. The van der Waals surface area contributed by atoms with E-state index in [2.05, 4.69) is 10.1 Å². The summed E-state index contributed by atoms with van der Waals surface area (Å²) < 4.78 is 64.7. The molecule has 4 unspecified atom stereocenters. The molecule has 4 rings (SSSR count). The summed E-state index contributed by atoms with van der Waals surface area (Å²) in [7, 11) is 1.53. The van der Waals surface area contributed by atoms with Crippen LogP contribution < -0.4 is 10.1 Å². The highest BCUT2D eigenvalue weighted by Gasteiger charge is 2.55. The van der Waals surface area contributed by atoms with Crippen molar-refractivity contribution in [3.05, 3.63) is 60.2 Å². The maximum absolute atomic E-state index is 13.2. The normalized spacial score (nSPS) is 25.2. The highest BCUT2D eigenvalue weighted by molar-refractivity contribution is 5.89. The summed E-state index contributed by atoms with van der Waals surface area (Å²) in [6, 6.07) is 13.8. The van der Waals surface area contributed by atoms with Gasteiger partial charge < -0.3 is 33.9 Å². The van der Waals surface area contributed by atoms with Crippen molar-refractivity contribution >= 4 is 11.7 Å². The summed E-state index contributed by atoms with van der Waals surface area (Å²) in [6.45, 7) is 3.78. The van der Waals surface area contributed by atoms with Crippen molar-refractivity contribution in [3.8, 4) is 5.75 Å². The summed E-state index contributed by atoms with van der Waals surface area (Å²) >= 11 is 0. The molecule has 0 spiro atoms. The number of urea groups is 1. The lowest BCUT2D eigenvalue weighted by Gasteiger charge is -2.30. The molecule has 0 bridgehead atoms. The lowest BCUT2D eigenvalue weighted by Crippen LogP contribution is -2.45. The molecule has 2 amide bonds. The summed E-state index contributed by atoms with van der Waals surface area (Å²) in [4.78, 5) is 14.7. The number of hydrogen-bond donors (Lipinski definition) is 1. The number of benzene rings is 2. The number of anilines is 1. The first kappa shape index (κ1) is 25.2. The second-order valence-electron chi connectivity index (χ2n) is 8.71. The third-order valence-corrected chi connectivity index (χ3v) is 5.60. The van der Waals surface area contributed by atoms with Gasteiger partial charge in [-0.25, -0.2) is 4.79 Å². The number of fused-ring (bicyclic) bond motifs is 1. The highest BCUT2D eigenvalue weighted by atomic mass is 19.4. The van der Waals surface area contributed by atoms with Gasteiger partial charge in [0, 0.05) is 19.3 Å². The first-order chi connectivity index (χ1) is 16.5. The zero-order valence-corrected chi connectivity index (χ0v) is 19.5. The monoisotopic (exact) mass is 496 g/mol. The van der Waals surface area contributed by atoms with Crippen molar-refractivity contribution in [3.63, 3.8) is 0 Å². The third-order valence-electron chi connectivity index (χ3n) is 5.60. The molecule has 0 radical (unpaired) electrons. The first-order valence-corrected chi connectivity index (χ1v) is 11.0. The Bertz CT molecular complexity index is 1000.